The molecule has 0 N–H and O–H groups in total. The Morgan fingerprint density at radius 2 is 1.56 bits per heavy atom. The molecule has 0 radical (unpaired) electrons. The molecule has 0 aromatic rings. The molecule has 3 fully saturated rings. The van der Waals surface area contributed by atoms with E-state index in [4.69, 9.17) is 9.47 Å². The van der Waals surface area contributed by atoms with E-state index in [1.54, 1.807) is 0 Å². The Labute approximate surface area is 98.0 Å². The average Bonchev–Trinajstić information content (AvgIpc) is 2.66. The quantitative estimate of drug-likeness (QED) is 0.586. The predicted molar refractivity (Wildman–Crippen MR) is 63.0 cm³/mol. The minimum absolute atomic E-state index is 0.187. The maximum Gasteiger partial charge on any atom is 0.168 e. The lowest BCUT2D eigenvalue weighted by Gasteiger charge is -2.42. The first-order valence-electron chi connectivity index (χ1n) is 6.43. The highest BCUT2D eigenvalue weighted by molar-refractivity contribution is 5.11. The summed E-state index contributed by atoms with van der Waals surface area (Å²) in [6.07, 6.45) is 4.57. The van der Waals surface area contributed by atoms with Gasteiger partial charge in [0.15, 0.2) is 5.79 Å². The summed E-state index contributed by atoms with van der Waals surface area (Å²) in [6.45, 7) is 10.2. The van der Waals surface area contributed by atoms with Gasteiger partial charge >= 0.3 is 0 Å². The first-order valence-corrected chi connectivity index (χ1v) is 6.43. The van der Waals surface area contributed by atoms with Gasteiger partial charge in [-0.05, 0) is 24.7 Å². The van der Waals surface area contributed by atoms with Crippen LogP contribution in [0, 0.1) is 17.3 Å². The number of hydrogen-bond donors (Lipinski definition) is 0. The van der Waals surface area contributed by atoms with Gasteiger partial charge in [0.2, 0.25) is 0 Å². The van der Waals surface area contributed by atoms with Crippen LogP contribution in [-0.2, 0) is 9.47 Å². The lowest BCUT2D eigenvalue weighted by molar-refractivity contribution is -0.297. The molecule has 0 amide bonds. The fourth-order valence-corrected chi connectivity index (χ4v) is 3.49. The van der Waals surface area contributed by atoms with Crippen molar-refractivity contribution >= 4 is 0 Å². The predicted octanol–water partition coefficient (Wildman–Crippen LogP) is 3.13. The van der Waals surface area contributed by atoms with Crippen molar-refractivity contribution in [3.8, 4) is 0 Å². The summed E-state index contributed by atoms with van der Waals surface area (Å²) in [6, 6.07) is 0. The third-order valence-corrected chi connectivity index (χ3v) is 4.37. The van der Waals surface area contributed by atoms with Gasteiger partial charge in [0.05, 0.1) is 13.2 Å². The van der Waals surface area contributed by atoms with Gasteiger partial charge in [0.1, 0.15) is 0 Å². The van der Waals surface area contributed by atoms with Crippen LogP contribution in [0.2, 0.25) is 0 Å². The smallest absolute Gasteiger partial charge is 0.168 e. The second-order valence-electron chi connectivity index (χ2n) is 6.74. The molecule has 0 aromatic heterocycles. The third-order valence-electron chi connectivity index (χ3n) is 4.37. The van der Waals surface area contributed by atoms with E-state index in [9.17, 15) is 0 Å². The molecule has 0 bridgehead atoms. The topological polar surface area (TPSA) is 18.5 Å². The fraction of sp³-hybridized carbons (Fsp3) is 0.857. The van der Waals surface area contributed by atoms with Crippen molar-refractivity contribution in [2.75, 3.05) is 13.2 Å². The molecule has 3 aliphatic rings. The molecular formula is C14H22O2. The fourth-order valence-electron chi connectivity index (χ4n) is 3.49. The van der Waals surface area contributed by atoms with Crippen LogP contribution in [0.5, 0.6) is 0 Å². The zero-order chi connectivity index (χ0) is 11.4. The molecule has 2 nitrogen and oxygen atoms in total. The highest BCUT2D eigenvalue weighted by atomic mass is 16.7. The minimum Gasteiger partial charge on any atom is -0.349 e. The zero-order valence-electron chi connectivity index (χ0n) is 10.4. The van der Waals surface area contributed by atoms with Crippen molar-refractivity contribution in [1.29, 1.82) is 0 Å². The lowest BCUT2D eigenvalue weighted by atomic mass is 9.94. The Morgan fingerprint density at radius 1 is 1.06 bits per heavy atom. The van der Waals surface area contributed by atoms with Crippen LogP contribution in [0.25, 0.3) is 0 Å². The van der Waals surface area contributed by atoms with E-state index >= 15 is 0 Å². The maximum absolute atomic E-state index is 6.06. The van der Waals surface area contributed by atoms with E-state index < -0.39 is 0 Å². The molecule has 2 aliphatic carbocycles. The molecular weight excluding hydrogens is 200 g/mol. The summed E-state index contributed by atoms with van der Waals surface area (Å²) in [7, 11) is 0. The van der Waals surface area contributed by atoms with Crippen molar-refractivity contribution in [3.05, 3.63) is 12.2 Å². The van der Waals surface area contributed by atoms with Crippen molar-refractivity contribution in [2.24, 2.45) is 17.3 Å². The summed E-state index contributed by atoms with van der Waals surface area (Å²) < 4.78 is 12.1. The number of fused-ring (bicyclic) bond motifs is 1. The molecule has 1 saturated heterocycles. The van der Waals surface area contributed by atoms with Crippen LogP contribution in [0.3, 0.4) is 0 Å². The van der Waals surface area contributed by atoms with Crippen LogP contribution >= 0.6 is 0 Å². The second-order valence-corrected chi connectivity index (χ2v) is 6.74. The van der Waals surface area contributed by atoms with Gasteiger partial charge in [-0.15, -0.1) is 0 Å². The molecule has 2 heteroatoms. The number of ether oxygens (including phenoxy) is 2. The van der Waals surface area contributed by atoms with Crippen molar-refractivity contribution in [3.63, 3.8) is 0 Å². The molecule has 16 heavy (non-hydrogen) atoms. The van der Waals surface area contributed by atoms with Gasteiger partial charge in [0.25, 0.3) is 0 Å². The Kier molecular flexibility index (Phi) is 2.25. The number of rotatable bonds is 0. The van der Waals surface area contributed by atoms with Gasteiger partial charge in [-0.1, -0.05) is 26.0 Å². The maximum atomic E-state index is 6.06. The molecule has 2 atom stereocenters. The summed E-state index contributed by atoms with van der Waals surface area (Å²) in [5, 5.41) is 0. The van der Waals surface area contributed by atoms with Gasteiger partial charge in [-0.25, -0.2) is 0 Å². The summed E-state index contributed by atoms with van der Waals surface area (Å²) in [5.41, 5.74) is 1.62. The molecule has 2 saturated carbocycles. The first-order chi connectivity index (χ1) is 7.48. The van der Waals surface area contributed by atoms with Crippen LogP contribution in [0.15, 0.2) is 12.2 Å². The Hall–Kier alpha value is -0.340. The number of allylic oxidation sites excluding steroid dienone is 1. The van der Waals surface area contributed by atoms with Crippen LogP contribution in [0.4, 0.5) is 0 Å². The first kappa shape index (κ1) is 10.8. The van der Waals surface area contributed by atoms with Gasteiger partial charge < -0.3 is 9.47 Å². The van der Waals surface area contributed by atoms with E-state index in [0.29, 0.717) is 0 Å². The largest absolute Gasteiger partial charge is 0.349 e. The van der Waals surface area contributed by atoms with Crippen LogP contribution in [-0.4, -0.2) is 19.0 Å². The SMILES string of the molecule is C=C1C[C@@H]2CC3(C[C@@H]2C1)OCC(C)(C)CO3. The Morgan fingerprint density at radius 3 is 2.06 bits per heavy atom. The van der Waals surface area contributed by atoms with E-state index in [1.165, 1.54) is 18.4 Å². The van der Waals surface area contributed by atoms with Crippen LogP contribution in [0.1, 0.15) is 39.5 Å². The molecule has 1 heterocycles. The third kappa shape index (κ3) is 1.72. The molecule has 3 rings (SSSR count). The minimum atomic E-state index is -0.231. The van der Waals surface area contributed by atoms with Crippen LogP contribution < -0.4 is 0 Å². The van der Waals surface area contributed by atoms with Gasteiger partial charge in [-0.2, -0.15) is 0 Å². The summed E-state index contributed by atoms with van der Waals surface area (Å²) in [5.74, 6) is 1.31. The molecule has 0 unspecified atom stereocenters. The zero-order valence-corrected chi connectivity index (χ0v) is 10.4. The van der Waals surface area contributed by atoms with Crippen molar-refractivity contribution < 1.29 is 9.47 Å². The van der Waals surface area contributed by atoms with E-state index in [0.717, 1.165) is 37.9 Å². The average molecular weight is 222 g/mol. The highest BCUT2D eigenvalue weighted by Crippen LogP contribution is 2.53. The Bertz CT molecular complexity index is 291. The summed E-state index contributed by atoms with van der Waals surface area (Å²) in [4.78, 5) is 0. The summed E-state index contributed by atoms with van der Waals surface area (Å²) >= 11 is 0. The molecule has 1 spiro atoms. The molecule has 90 valence electrons. The normalized spacial score (nSPS) is 40.2. The molecule has 0 aromatic carbocycles. The molecule has 1 aliphatic heterocycles. The highest BCUT2D eigenvalue weighted by Gasteiger charge is 2.52. The monoisotopic (exact) mass is 222 g/mol. The standard InChI is InChI=1S/C14H22O2/c1-10-4-11-6-14(7-12(11)5-10)15-8-13(2,3)9-16-14/h11-12H,1,4-9H2,2-3H3/t11-,12+. The lowest BCUT2D eigenvalue weighted by Crippen LogP contribution is -2.46. The van der Waals surface area contributed by atoms with Crippen molar-refractivity contribution in [1.82, 2.24) is 0 Å². The van der Waals surface area contributed by atoms with E-state index in [-0.39, 0.29) is 11.2 Å². The number of hydrogen-bond acceptors (Lipinski definition) is 2. The van der Waals surface area contributed by atoms with E-state index in [1.807, 2.05) is 0 Å². The van der Waals surface area contributed by atoms with Gasteiger partial charge in [0, 0.05) is 18.3 Å². The second kappa shape index (κ2) is 3.33. The van der Waals surface area contributed by atoms with Gasteiger partial charge in [-0.3, -0.25) is 0 Å². The van der Waals surface area contributed by atoms with Crippen molar-refractivity contribution in [2.45, 2.75) is 45.3 Å². The Balaban J connectivity index is 1.68. The van der Waals surface area contributed by atoms with E-state index in [2.05, 4.69) is 20.4 Å².